The van der Waals surface area contributed by atoms with Gasteiger partial charge in [0, 0.05) is 17.3 Å². The Morgan fingerprint density at radius 2 is 1.44 bits per heavy atom. The predicted molar refractivity (Wildman–Crippen MR) is 105 cm³/mol. The fourth-order valence-electron chi connectivity index (χ4n) is 2.82. The van der Waals surface area contributed by atoms with Crippen LogP contribution in [-0.2, 0) is 6.42 Å². The zero-order valence-corrected chi connectivity index (χ0v) is 15.3. The molecule has 2 aromatic carbocycles. The molecule has 1 aromatic heterocycles. The summed E-state index contributed by atoms with van der Waals surface area (Å²) in [6.07, 6.45) is 6.09. The molecule has 3 aromatic rings. The molecule has 0 aliphatic heterocycles. The van der Waals surface area contributed by atoms with Gasteiger partial charge in [-0.3, -0.25) is 0 Å². The topological polar surface area (TPSA) is 12.9 Å². The summed E-state index contributed by atoms with van der Waals surface area (Å²) in [6.45, 7) is 2.21. The van der Waals surface area contributed by atoms with Gasteiger partial charge in [-0.25, -0.2) is 9.37 Å². The Kier molecular flexibility index (Phi) is 6.33. The summed E-state index contributed by atoms with van der Waals surface area (Å²) in [4.78, 5) is 3.33. The highest BCUT2D eigenvalue weighted by molar-refractivity contribution is 5.64. The van der Waals surface area contributed by atoms with Crippen LogP contribution in [0, 0.1) is 23.6 Å². The summed E-state index contributed by atoms with van der Waals surface area (Å²) < 4.78 is 26.0. The molecule has 0 bridgehead atoms. The van der Waals surface area contributed by atoms with Crippen LogP contribution in [0.25, 0.3) is 11.1 Å². The minimum absolute atomic E-state index is 0.344. The van der Waals surface area contributed by atoms with Crippen LogP contribution in [0.5, 0.6) is 0 Å². The second-order valence-electron chi connectivity index (χ2n) is 6.48. The quantitative estimate of drug-likeness (QED) is 0.301. The van der Waals surface area contributed by atoms with Gasteiger partial charge >= 0.3 is 0 Å². The standard InChI is InChI=1S/C24H21F2N/c1-2-3-4-5-18-8-12-21(13-9-18)22-14-10-19(11-15-22)6-7-20-16-23(25)24(26)27-17-20/h8-17H,2-5H2,1H3. The van der Waals surface area contributed by atoms with E-state index in [0.29, 0.717) is 5.56 Å². The minimum atomic E-state index is -1.11. The highest BCUT2D eigenvalue weighted by Crippen LogP contribution is 2.21. The van der Waals surface area contributed by atoms with Gasteiger partial charge in [-0.2, -0.15) is 4.39 Å². The van der Waals surface area contributed by atoms with E-state index < -0.39 is 11.8 Å². The van der Waals surface area contributed by atoms with Gasteiger partial charge in [-0.1, -0.05) is 68.0 Å². The monoisotopic (exact) mass is 361 g/mol. The Bertz CT molecular complexity index is 948. The van der Waals surface area contributed by atoms with Crippen LogP contribution < -0.4 is 0 Å². The van der Waals surface area contributed by atoms with E-state index in [0.717, 1.165) is 23.6 Å². The van der Waals surface area contributed by atoms with Gasteiger partial charge in [0.15, 0.2) is 5.82 Å². The minimum Gasteiger partial charge on any atom is -0.224 e. The molecule has 27 heavy (non-hydrogen) atoms. The Labute approximate surface area is 159 Å². The summed E-state index contributed by atoms with van der Waals surface area (Å²) in [7, 11) is 0. The largest absolute Gasteiger partial charge is 0.248 e. The number of halogens is 2. The van der Waals surface area contributed by atoms with Gasteiger partial charge in [-0.05, 0) is 47.7 Å². The number of unbranched alkanes of at least 4 members (excludes halogenated alkanes) is 2. The third-order valence-electron chi connectivity index (χ3n) is 4.39. The molecule has 1 heterocycles. The van der Waals surface area contributed by atoms with Crippen molar-refractivity contribution in [2.45, 2.75) is 32.6 Å². The maximum Gasteiger partial charge on any atom is 0.248 e. The van der Waals surface area contributed by atoms with E-state index in [-0.39, 0.29) is 0 Å². The first-order chi connectivity index (χ1) is 13.2. The highest BCUT2D eigenvalue weighted by Gasteiger charge is 2.02. The summed E-state index contributed by atoms with van der Waals surface area (Å²) in [5.41, 5.74) is 4.81. The molecule has 0 fully saturated rings. The normalized spacial score (nSPS) is 10.3. The summed E-state index contributed by atoms with van der Waals surface area (Å²) in [5.74, 6) is 3.65. The van der Waals surface area contributed by atoms with Gasteiger partial charge in [0.05, 0.1) is 0 Å². The number of benzene rings is 2. The van der Waals surface area contributed by atoms with Crippen LogP contribution in [0.15, 0.2) is 60.8 Å². The van der Waals surface area contributed by atoms with E-state index in [9.17, 15) is 8.78 Å². The van der Waals surface area contributed by atoms with Crippen LogP contribution in [0.3, 0.4) is 0 Å². The molecule has 0 saturated heterocycles. The summed E-state index contributed by atoms with van der Waals surface area (Å²) in [5, 5.41) is 0. The second kappa shape index (κ2) is 9.09. The number of pyridine rings is 1. The average Bonchev–Trinajstić information content (AvgIpc) is 2.70. The molecule has 0 radical (unpaired) electrons. The molecule has 136 valence electrons. The fourth-order valence-corrected chi connectivity index (χ4v) is 2.82. The SMILES string of the molecule is CCCCCc1ccc(-c2ccc(C#Cc3cnc(F)c(F)c3)cc2)cc1. The third kappa shape index (κ3) is 5.24. The molecule has 0 amide bonds. The number of rotatable bonds is 5. The number of aromatic nitrogens is 1. The van der Waals surface area contributed by atoms with E-state index >= 15 is 0 Å². The molecular weight excluding hydrogens is 340 g/mol. The Balaban J connectivity index is 1.68. The molecule has 0 N–H and O–H groups in total. The average molecular weight is 361 g/mol. The molecule has 0 aliphatic carbocycles. The van der Waals surface area contributed by atoms with E-state index in [1.165, 1.54) is 36.6 Å². The molecule has 0 saturated carbocycles. The number of aryl methyl sites for hydroxylation is 1. The first-order valence-electron chi connectivity index (χ1n) is 9.18. The maximum atomic E-state index is 13.2. The van der Waals surface area contributed by atoms with Crippen LogP contribution >= 0.6 is 0 Å². The van der Waals surface area contributed by atoms with E-state index in [1.54, 1.807) is 0 Å². The van der Waals surface area contributed by atoms with Crippen LogP contribution in [0.4, 0.5) is 8.78 Å². The Morgan fingerprint density at radius 1 is 0.815 bits per heavy atom. The molecule has 0 unspecified atom stereocenters. The van der Waals surface area contributed by atoms with Crippen molar-refractivity contribution >= 4 is 0 Å². The van der Waals surface area contributed by atoms with Crippen molar-refractivity contribution < 1.29 is 8.78 Å². The fraction of sp³-hybridized carbons (Fsp3) is 0.208. The number of hydrogen-bond donors (Lipinski definition) is 0. The second-order valence-corrected chi connectivity index (χ2v) is 6.48. The Hall–Kier alpha value is -2.99. The van der Waals surface area contributed by atoms with Crippen molar-refractivity contribution in [2.75, 3.05) is 0 Å². The van der Waals surface area contributed by atoms with Crippen molar-refractivity contribution in [2.24, 2.45) is 0 Å². The van der Waals surface area contributed by atoms with Crippen molar-refractivity contribution in [1.82, 2.24) is 4.98 Å². The van der Waals surface area contributed by atoms with Crippen molar-refractivity contribution in [3.8, 4) is 23.0 Å². The molecule has 0 atom stereocenters. The first kappa shape index (κ1) is 18.8. The van der Waals surface area contributed by atoms with Crippen LogP contribution in [0.1, 0.15) is 42.9 Å². The van der Waals surface area contributed by atoms with Gasteiger partial charge in [0.25, 0.3) is 0 Å². The lowest BCUT2D eigenvalue weighted by Gasteiger charge is -2.05. The molecule has 0 aliphatic rings. The third-order valence-corrected chi connectivity index (χ3v) is 4.39. The maximum absolute atomic E-state index is 13.2. The zero-order chi connectivity index (χ0) is 19.1. The molecule has 3 rings (SSSR count). The summed E-state index contributed by atoms with van der Waals surface area (Å²) in [6, 6.07) is 17.6. The predicted octanol–water partition coefficient (Wildman–Crippen LogP) is 6.16. The molecule has 1 nitrogen and oxygen atoms in total. The van der Waals surface area contributed by atoms with Gasteiger partial charge in [0.2, 0.25) is 5.95 Å². The lowest BCUT2D eigenvalue weighted by atomic mass is 10.0. The van der Waals surface area contributed by atoms with E-state index in [2.05, 4.69) is 48.0 Å². The highest BCUT2D eigenvalue weighted by atomic mass is 19.2. The lowest BCUT2D eigenvalue weighted by molar-refractivity contribution is 0.479. The van der Waals surface area contributed by atoms with Crippen molar-refractivity contribution in [1.29, 1.82) is 0 Å². The first-order valence-corrected chi connectivity index (χ1v) is 9.18. The Morgan fingerprint density at radius 3 is 2.07 bits per heavy atom. The van der Waals surface area contributed by atoms with Crippen molar-refractivity contribution in [3.63, 3.8) is 0 Å². The van der Waals surface area contributed by atoms with Crippen molar-refractivity contribution in [3.05, 3.63) is 89.2 Å². The van der Waals surface area contributed by atoms with Gasteiger partial charge in [-0.15, -0.1) is 0 Å². The molecular formula is C24H21F2N. The molecule has 0 spiro atoms. The lowest BCUT2D eigenvalue weighted by Crippen LogP contribution is -1.90. The number of nitrogens with zero attached hydrogens (tertiary/aromatic N) is 1. The summed E-state index contributed by atoms with van der Waals surface area (Å²) >= 11 is 0. The smallest absolute Gasteiger partial charge is 0.224 e. The number of hydrogen-bond acceptors (Lipinski definition) is 1. The van der Waals surface area contributed by atoms with Gasteiger partial charge < -0.3 is 0 Å². The van der Waals surface area contributed by atoms with Crippen LogP contribution in [-0.4, -0.2) is 4.98 Å². The van der Waals surface area contributed by atoms with E-state index in [4.69, 9.17) is 0 Å². The van der Waals surface area contributed by atoms with Crippen LogP contribution in [0.2, 0.25) is 0 Å². The van der Waals surface area contributed by atoms with Gasteiger partial charge in [0.1, 0.15) is 0 Å². The molecule has 3 heteroatoms. The van der Waals surface area contributed by atoms with E-state index in [1.807, 2.05) is 24.3 Å². The zero-order valence-electron chi connectivity index (χ0n) is 15.3.